The first-order valence-corrected chi connectivity index (χ1v) is 6.51. The Morgan fingerprint density at radius 2 is 1.89 bits per heavy atom. The SMILES string of the molecule is N#CCCN(c1ccccc1)C1CCC(=O)CC1. The largest absolute Gasteiger partial charge is 0.367 e. The second kappa shape index (κ2) is 6.20. The molecule has 3 nitrogen and oxygen atoms in total. The molecule has 0 aromatic heterocycles. The quantitative estimate of drug-likeness (QED) is 0.815. The molecule has 1 aromatic rings. The molecule has 18 heavy (non-hydrogen) atoms. The van der Waals surface area contributed by atoms with E-state index in [0.29, 0.717) is 31.1 Å². The zero-order valence-corrected chi connectivity index (χ0v) is 10.5. The molecule has 0 radical (unpaired) electrons. The molecule has 1 saturated carbocycles. The maximum absolute atomic E-state index is 11.3. The minimum atomic E-state index is 0.375. The molecule has 94 valence electrons. The van der Waals surface area contributed by atoms with E-state index in [2.05, 4.69) is 23.1 Å². The van der Waals surface area contributed by atoms with E-state index in [-0.39, 0.29) is 0 Å². The average Bonchev–Trinajstić information content (AvgIpc) is 2.42. The summed E-state index contributed by atoms with van der Waals surface area (Å²) in [7, 11) is 0. The zero-order valence-electron chi connectivity index (χ0n) is 10.5. The highest BCUT2D eigenvalue weighted by atomic mass is 16.1. The van der Waals surface area contributed by atoms with Crippen LogP contribution in [0.4, 0.5) is 5.69 Å². The van der Waals surface area contributed by atoms with E-state index in [9.17, 15) is 4.79 Å². The third kappa shape index (κ3) is 3.10. The number of ketones is 1. The van der Waals surface area contributed by atoms with E-state index in [1.165, 1.54) is 0 Å². The van der Waals surface area contributed by atoms with Crippen molar-refractivity contribution < 1.29 is 4.79 Å². The summed E-state index contributed by atoms with van der Waals surface area (Å²) in [5.74, 6) is 0.375. The van der Waals surface area contributed by atoms with Crippen LogP contribution in [-0.4, -0.2) is 18.4 Å². The monoisotopic (exact) mass is 242 g/mol. The van der Waals surface area contributed by atoms with Crippen molar-refractivity contribution in [2.75, 3.05) is 11.4 Å². The molecule has 0 unspecified atom stereocenters. The van der Waals surface area contributed by atoms with E-state index >= 15 is 0 Å². The van der Waals surface area contributed by atoms with Gasteiger partial charge in [-0.2, -0.15) is 5.26 Å². The van der Waals surface area contributed by atoms with Crippen LogP contribution in [0, 0.1) is 11.3 Å². The molecule has 1 aromatic carbocycles. The lowest BCUT2D eigenvalue weighted by Crippen LogP contribution is -2.39. The van der Waals surface area contributed by atoms with Gasteiger partial charge in [0.1, 0.15) is 5.78 Å². The van der Waals surface area contributed by atoms with E-state index in [1.807, 2.05) is 18.2 Å². The Labute approximate surface area is 108 Å². The van der Waals surface area contributed by atoms with Crippen LogP contribution in [0.1, 0.15) is 32.1 Å². The van der Waals surface area contributed by atoms with Crippen molar-refractivity contribution in [2.45, 2.75) is 38.1 Å². The fourth-order valence-corrected chi connectivity index (χ4v) is 2.55. The smallest absolute Gasteiger partial charge is 0.133 e. The number of anilines is 1. The Morgan fingerprint density at radius 1 is 1.22 bits per heavy atom. The Hall–Kier alpha value is -1.82. The highest BCUT2D eigenvalue weighted by Crippen LogP contribution is 2.26. The molecule has 1 aliphatic rings. The molecule has 0 saturated heterocycles. The predicted molar refractivity (Wildman–Crippen MR) is 71.3 cm³/mol. The minimum Gasteiger partial charge on any atom is -0.367 e. The molecule has 0 atom stereocenters. The summed E-state index contributed by atoms with van der Waals surface area (Å²) in [4.78, 5) is 13.6. The van der Waals surface area contributed by atoms with E-state index in [0.717, 1.165) is 25.1 Å². The van der Waals surface area contributed by atoms with Crippen LogP contribution in [0.25, 0.3) is 0 Å². The van der Waals surface area contributed by atoms with Crippen molar-refractivity contribution in [3.63, 3.8) is 0 Å². The van der Waals surface area contributed by atoms with Gasteiger partial charge in [0.15, 0.2) is 0 Å². The summed E-state index contributed by atoms with van der Waals surface area (Å²) in [6.07, 6.45) is 3.72. The fraction of sp³-hybridized carbons (Fsp3) is 0.467. The second-order valence-electron chi connectivity index (χ2n) is 4.71. The van der Waals surface area contributed by atoms with Gasteiger partial charge in [-0.3, -0.25) is 4.79 Å². The number of hydrogen-bond donors (Lipinski definition) is 0. The zero-order chi connectivity index (χ0) is 12.8. The van der Waals surface area contributed by atoms with Gasteiger partial charge in [-0.25, -0.2) is 0 Å². The molecule has 1 aliphatic carbocycles. The first kappa shape index (κ1) is 12.6. The summed E-state index contributed by atoms with van der Waals surface area (Å²) in [5.41, 5.74) is 1.16. The Morgan fingerprint density at radius 3 is 2.50 bits per heavy atom. The van der Waals surface area contributed by atoms with Gasteiger partial charge >= 0.3 is 0 Å². The van der Waals surface area contributed by atoms with Crippen LogP contribution >= 0.6 is 0 Å². The number of carbonyl (C=O) groups excluding carboxylic acids is 1. The van der Waals surface area contributed by atoms with Crippen molar-refractivity contribution in [3.8, 4) is 6.07 Å². The number of rotatable bonds is 4. The molecular weight excluding hydrogens is 224 g/mol. The first-order valence-electron chi connectivity index (χ1n) is 6.51. The molecule has 3 heteroatoms. The molecule has 0 spiro atoms. The maximum Gasteiger partial charge on any atom is 0.133 e. The van der Waals surface area contributed by atoms with Gasteiger partial charge in [-0.05, 0) is 25.0 Å². The molecule has 2 rings (SSSR count). The number of carbonyl (C=O) groups is 1. The number of benzene rings is 1. The van der Waals surface area contributed by atoms with Crippen molar-refractivity contribution in [2.24, 2.45) is 0 Å². The molecule has 0 N–H and O–H groups in total. The van der Waals surface area contributed by atoms with E-state index < -0.39 is 0 Å². The average molecular weight is 242 g/mol. The van der Waals surface area contributed by atoms with Crippen molar-refractivity contribution in [1.29, 1.82) is 5.26 Å². The lowest BCUT2D eigenvalue weighted by atomic mass is 9.92. The summed E-state index contributed by atoms with van der Waals surface area (Å²) >= 11 is 0. The molecule has 0 amide bonds. The summed E-state index contributed by atoms with van der Waals surface area (Å²) in [6, 6.07) is 12.8. The van der Waals surface area contributed by atoms with Crippen molar-refractivity contribution >= 4 is 11.5 Å². The maximum atomic E-state index is 11.3. The van der Waals surface area contributed by atoms with Gasteiger partial charge < -0.3 is 4.90 Å². The van der Waals surface area contributed by atoms with Crippen molar-refractivity contribution in [1.82, 2.24) is 0 Å². The Bertz CT molecular complexity index is 426. The van der Waals surface area contributed by atoms with Crippen molar-refractivity contribution in [3.05, 3.63) is 30.3 Å². The molecule has 1 fully saturated rings. The van der Waals surface area contributed by atoms with E-state index in [1.54, 1.807) is 0 Å². The lowest BCUT2D eigenvalue weighted by Gasteiger charge is -2.35. The number of nitrogens with zero attached hydrogens (tertiary/aromatic N) is 2. The van der Waals surface area contributed by atoms with Gasteiger partial charge in [0.25, 0.3) is 0 Å². The standard InChI is InChI=1S/C15H18N2O/c16-11-4-12-17(13-5-2-1-3-6-13)14-7-9-15(18)10-8-14/h1-3,5-6,14H,4,7-10,12H2. The molecule has 0 aliphatic heterocycles. The third-order valence-electron chi connectivity index (χ3n) is 3.51. The summed E-state index contributed by atoms with van der Waals surface area (Å²) in [6.45, 7) is 0.749. The van der Waals surface area contributed by atoms with Crippen LogP contribution in [-0.2, 0) is 4.79 Å². The predicted octanol–water partition coefficient (Wildman–Crippen LogP) is 2.92. The van der Waals surface area contributed by atoms with Gasteiger partial charge in [-0.15, -0.1) is 0 Å². The van der Waals surface area contributed by atoms with Crippen LogP contribution in [0.15, 0.2) is 30.3 Å². The number of Topliss-reactive ketones (excluding diaryl/α,β-unsaturated/α-hetero) is 1. The van der Waals surface area contributed by atoms with Gasteiger partial charge in [0, 0.05) is 31.1 Å². The Kier molecular flexibility index (Phi) is 4.35. The minimum absolute atomic E-state index is 0.375. The number of para-hydroxylation sites is 1. The van der Waals surface area contributed by atoms with Crippen LogP contribution in [0.5, 0.6) is 0 Å². The number of hydrogen-bond acceptors (Lipinski definition) is 3. The van der Waals surface area contributed by atoms with Gasteiger partial charge in [0.05, 0.1) is 12.5 Å². The highest BCUT2D eigenvalue weighted by molar-refractivity contribution is 5.79. The normalized spacial score (nSPS) is 16.3. The summed E-state index contributed by atoms with van der Waals surface area (Å²) < 4.78 is 0. The lowest BCUT2D eigenvalue weighted by molar-refractivity contribution is -0.120. The topological polar surface area (TPSA) is 44.1 Å². The van der Waals surface area contributed by atoms with E-state index in [4.69, 9.17) is 5.26 Å². The first-order chi connectivity index (χ1) is 8.81. The third-order valence-corrected chi connectivity index (χ3v) is 3.51. The second-order valence-corrected chi connectivity index (χ2v) is 4.71. The molecule has 0 heterocycles. The number of nitriles is 1. The molecular formula is C15H18N2O. The highest BCUT2D eigenvalue weighted by Gasteiger charge is 2.24. The summed E-state index contributed by atoms with van der Waals surface area (Å²) in [5, 5.41) is 8.77. The molecule has 0 bridgehead atoms. The fourth-order valence-electron chi connectivity index (χ4n) is 2.55. The van der Waals surface area contributed by atoms with Gasteiger partial charge in [-0.1, -0.05) is 18.2 Å². The van der Waals surface area contributed by atoms with Crippen LogP contribution in [0.3, 0.4) is 0 Å². The Balaban J connectivity index is 2.10. The van der Waals surface area contributed by atoms with Crippen LogP contribution < -0.4 is 4.90 Å². The van der Waals surface area contributed by atoms with Gasteiger partial charge in [0.2, 0.25) is 0 Å². The van der Waals surface area contributed by atoms with Crippen LogP contribution in [0.2, 0.25) is 0 Å².